The molecule has 29 heavy (non-hydrogen) atoms. The van der Waals surface area contributed by atoms with E-state index in [0.717, 1.165) is 41.9 Å². The minimum absolute atomic E-state index is 0.0425. The van der Waals surface area contributed by atoms with Crippen molar-refractivity contribution in [2.24, 2.45) is 7.05 Å². The van der Waals surface area contributed by atoms with Crippen molar-refractivity contribution in [1.82, 2.24) is 24.6 Å². The third-order valence-corrected chi connectivity index (χ3v) is 5.31. The molecule has 1 fully saturated rings. The van der Waals surface area contributed by atoms with Gasteiger partial charge >= 0.3 is 0 Å². The summed E-state index contributed by atoms with van der Waals surface area (Å²) in [5.74, 6) is 0.743. The zero-order valence-corrected chi connectivity index (χ0v) is 17.1. The van der Waals surface area contributed by atoms with Gasteiger partial charge in [-0.2, -0.15) is 5.10 Å². The molecule has 152 valence electrons. The van der Waals surface area contributed by atoms with Gasteiger partial charge in [-0.05, 0) is 37.0 Å². The first-order valence-electron chi connectivity index (χ1n) is 9.82. The van der Waals surface area contributed by atoms with Crippen molar-refractivity contribution in [3.8, 4) is 22.6 Å². The third kappa shape index (κ3) is 4.52. The minimum atomic E-state index is -0.325. The van der Waals surface area contributed by atoms with Crippen LogP contribution in [-0.4, -0.2) is 44.5 Å². The highest BCUT2D eigenvalue weighted by Crippen LogP contribution is 2.30. The molecule has 1 aromatic carbocycles. The van der Waals surface area contributed by atoms with E-state index in [0.29, 0.717) is 24.7 Å². The number of ether oxygens (including phenoxy) is 1. The predicted molar refractivity (Wildman–Crippen MR) is 111 cm³/mol. The second kappa shape index (κ2) is 8.80. The molecular formula is C21H24ClN5O2. The topological polar surface area (TPSA) is 74.0 Å². The van der Waals surface area contributed by atoms with Crippen LogP contribution in [0.1, 0.15) is 19.3 Å². The van der Waals surface area contributed by atoms with E-state index >= 15 is 0 Å². The van der Waals surface area contributed by atoms with Crippen LogP contribution in [0.4, 0.5) is 0 Å². The lowest BCUT2D eigenvalue weighted by atomic mass is 10.1. The van der Waals surface area contributed by atoms with Gasteiger partial charge in [-0.15, -0.1) is 0 Å². The number of halogens is 1. The largest absolute Gasteiger partial charge is 0.368 e. The molecule has 4 rings (SSSR count). The highest BCUT2D eigenvalue weighted by Gasteiger charge is 2.21. The summed E-state index contributed by atoms with van der Waals surface area (Å²) >= 11 is 6.04. The van der Waals surface area contributed by atoms with E-state index in [2.05, 4.69) is 10.3 Å². The smallest absolute Gasteiger partial charge is 0.249 e. The van der Waals surface area contributed by atoms with Gasteiger partial charge in [0.05, 0.1) is 6.54 Å². The molecule has 0 spiro atoms. The average molecular weight is 414 g/mol. The number of aromatic nitrogens is 4. The van der Waals surface area contributed by atoms with Gasteiger partial charge in [0.25, 0.3) is 0 Å². The molecule has 7 nitrogen and oxygen atoms in total. The molecular weight excluding hydrogens is 390 g/mol. The number of benzene rings is 1. The summed E-state index contributed by atoms with van der Waals surface area (Å²) in [6.07, 6.45) is 8.16. The Kier molecular flexibility index (Phi) is 5.97. The Morgan fingerprint density at radius 2 is 2.14 bits per heavy atom. The quantitative estimate of drug-likeness (QED) is 0.673. The summed E-state index contributed by atoms with van der Waals surface area (Å²) in [7, 11) is 1.94. The van der Waals surface area contributed by atoms with Crippen molar-refractivity contribution in [3.05, 3.63) is 47.9 Å². The number of carbonyl (C=O) groups excluding carboxylic acids is 1. The number of nitrogens with zero attached hydrogens (tertiary/aromatic N) is 4. The van der Waals surface area contributed by atoms with Crippen LogP contribution in [-0.2, 0) is 23.1 Å². The Balaban J connectivity index is 1.51. The lowest BCUT2D eigenvalue weighted by molar-refractivity contribution is -0.135. The fourth-order valence-electron chi connectivity index (χ4n) is 3.49. The fraction of sp³-hybridized carbons (Fsp3) is 0.381. The van der Waals surface area contributed by atoms with Gasteiger partial charge in [0.1, 0.15) is 11.8 Å². The first-order valence-corrected chi connectivity index (χ1v) is 10.2. The fourth-order valence-corrected chi connectivity index (χ4v) is 3.62. The molecule has 0 aliphatic carbocycles. The molecule has 1 aliphatic heterocycles. The van der Waals surface area contributed by atoms with Crippen molar-refractivity contribution in [2.75, 3.05) is 13.2 Å². The molecule has 0 radical (unpaired) electrons. The van der Waals surface area contributed by atoms with Crippen molar-refractivity contribution in [1.29, 1.82) is 0 Å². The van der Waals surface area contributed by atoms with Gasteiger partial charge in [-0.3, -0.25) is 9.48 Å². The Morgan fingerprint density at radius 1 is 1.31 bits per heavy atom. The molecule has 1 atom stereocenters. The van der Waals surface area contributed by atoms with Crippen LogP contribution in [0.15, 0.2) is 42.9 Å². The minimum Gasteiger partial charge on any atom is -0.368 e. The van der Waals surface area contributed by atoms with Crippen LogP contribution in [0.2, 0.25) is 5.02 Å². The highest BCUT2D eigenvalue weighted by atomic mass is 35.5. The average Bonchev–Trinajstić information content (AvgIpc) is 3.35. The lowest BCUT2D eigenvalue weighted by Gasteiger charge is -2.21. The number of hydrogen-bond acceptors (Lipinski definition) is 4. The van der Waals surface area contributed by atoms with E-state index in [-0.39, 0.29) is 12.0 Å². The summed E-state index contributed by atoms with van der Waals surface area (Å²) in [5, 5.41) is 8.39. The summed E-state index contributed by atoms with van der Waals surface area (Å²) < 4.78 is 9.32. The van der Waals surface area contributed by atoms with Crippen LogP contribution in [0.3, 0.4) is 0 Å². The maximum atomic E-state index is 12.3. The van der Waals surface area contributed by atoms with E-state index in [1.807, 2.05) is 53.0 Å². The van der Waals surface area contributed by atoms with Crippen molar-refractivity contribution >= 4 is 17.5 Å². The third-order valence-electron chi connectivity index (χ3n) is 5.06. The van der Waals surface area contributed by atoms with Crippen molar-refractivity contribution in [3.63, 3.8) is 0 Å². The van der Waals surface area contributed by atoms with Crippen molar-refractivity contribution < 1.29 is 9.53 Å². The number of imidazole rings is 1. The maximum Gasteiger partial charge on any atom is 0.249 e. The molecule has 1 N–H and O–H groups in total. The van der Waals surface area contributed by atoms with Crippen molar-refractivity contribution in [2.45, 2.75) is 31.9 Å². The van der Waals surface area contributed by atoms with Gasteiger partial charge < -0.3 is 14.6 Å². The molecule has 0 bridgehead atoms. The van der Waals surface area contributed by atoms with Crippen LogP contribution in [0, 0.1) is 0 Å². The van der Waals surface area contributed by atoms with Gasteiger partial charge in [0, 0.05) is 49.4 Å². The van der Waals surface area contributed by atoms with Gasteiger partial charge in [0.2, 0.25) is 5.91 Å². The van der Waals surface area contributed by atoms with Gasteiger partial charge in [-0.1, -0.05) is 23.7 Å². The summed E-state index contributed by atoms with van der Waals surface area (Å²) in [6.45, 7) is 1.71. The van der Waals surface area contributed by atoms with E-state index in [1.165, 1.54) is 0 Å². The van der Waals surface area contributed by atoms with Crippen LogP contribution < -0.4 is 5.32 Å². The standard InChI is InChI=1S/C21H24ClN5O2/c1-26-11-9-23-20(26)19-17(15-5-7-16(22)8-6-15)14-27(25-19)12-10-24-21(28)18-4-2-3-13-29-18/h5-9,11,14,18H,2-4,10,12-13H2,1H3,(H,24,28)/t18-/m1/s1. The summed E-state index contributed by atoms with van der Waals surface area (Å²) in [5.41, 5.74) is 2.78. The normalized spacial score (nSPS) is 16.7. The number of hydrogen-bond donors (Lipinski definition) is 1. The Morgan fingerprint density at radius 3 is 2.83 bits per heavy atom. The van der Waals surface area contributed by atoms with Gasteiger partial charge in [-0.25, -0.2) is 4.98 Å². The van der Waals surface area contributed by atoms with E-state index in [4.69, 9.17) is 21.4 Å². The molecule has 0 unspecified atom stereocenters. The second-order valence-electron chi connectivity index (χ2n) is 7.17. The van der Waals surface area contributed by atoms with Crippen LogP contribution >= 0.6 is 11.6 Å². The monoisotopic (exact) mass is 413 g/mol. The number of nitrogens with one attached hydrogen (secondary N) is 1. The number of amides is 1. The van der Waals surface area contributed by atoms with Gasteiger partial charge in [0.15, 0.2) is 5.82 Å². The molecule has 2 aromatic heterocycles. The maximum absolute atomic E-state index is 12.3. The zero-order chi connectivity index (χ0) is 20.2. The SMILES string of the molecule is Cn1ccnc1-c1nn(CCNC(=O)[C@H]2CCCCO2)cc1-c1ccc(Cl)cc1. The number of aryl methyl sites for hydroxylation is 1. The first kappa shape index (κ1) is 19.7. The lowest BCUT2D eigenvalue weighted by Crippen LogP contribution is -2.39. The first-order chi connectivity index (χ1) is 14.1. The predicted octanol–water partition coefficient (Wildman–Crippen LogP) is 3.29. The number of rotatable bonds is 6. The second-order valence-corrected chi connectivity index (χ2v) is 7.61. The molecule has 0 saturated carbocycles. The van der Waals surface area contributed by atoms with E-state index < -0.39 is 0 Å². The Bertz CT molecular complexity index is 973. The summed E-state index contributed by atoms with van der Waals surface area (Å²) in [4.78, 5) is 16.7. The molecule has 3 aromatic rings. The van der Waals surface area contributed by atoms with Crippen LogP contribution in [0.5, 0.6) is 0 Å². The van der Waals surface area contributed by atoms with E-state index in [1.54, 1.807) is 6.20 Å². The highest BCUT2D eigenvalue weighted by molar-refractivity contribution is 6.30. The molecule has 1 aliphatic rings. The summed E-state index contributed by atoms with van der Waals surface area (Å²) in [6, 6.07) is 7.66. The van der Waals surface area contributed by atoms with Crippen LogP contribution in [0.25, 0.3) is 22.6 Å². The molecule has 1 amide bonds. The molecule has 8 heteroatoms. The van der Waals surface area contributed by atoms with E-state index in [9.17, 15) is 4.79 Å². The number of carbonyl (C=O) groups is 1. The Labute approximate surface area is 174 Å². The molecule has 3 heterocycles. The Hall–Kier alpha value is -2.64. The molecule has 1 saturated heterocycles. The zero-order valence-electron chi connectivity index (χ0n) is 16.3.